The molecule has 1 amide bonds. The Morgan fingerprint density at radius 1 is 1.47 bits per heavy atom. The second-order valence-corrected chi connectivity index (χ2v) is 4.95. The Labute approximate surface area is 102 Å². The number of hydrogen-bond donors (Lipinski definition) is 1. The van der Waals surface area contributed by atoms with E-state index in [1.165, 1.54) is 11.1 Å². The van der Waals surface area contributed by atoms with E-state index < -0.39 is 0 Å². The highest BCUT2D eigenvalue weighted by Crippen LogP contribution is 2.36. The molecule has 0 bridgehead atoms. The van der Waals surface area contributed by atoms with Crippen molar-refractivity contribution in [1.82, 2.24) is 10.2 Å². The molecule has 90 valence electrons. The van der Waals surface area contributed by atoms with Crippen LogP contribution < -0.4 is 5.32 Å². The largest absolute Gasteiger partial charge is 0.329 e. The van der Waals surface area contributed by atoms with Gasteiger partial charge in [-0.2, -0.15) is 0 Å². The third-order valence-corrected chi connectivity index (χ3v) is 3.91. The fourth-order valence-electron chi connectivity index (χ4n) is 3.02. The molecule has 3 rings (SSSR count). The van der Waals surface area contributed by atoms with Crippen LogP contribution in [0.4, 0.5) is 0 Å². The van der Waals surface area contributed by atoms with E-state index in [4.69, 9.17) is 0 Å². The number of carbonyl (C=O) groups is 1. The zero-order valence-electron chi connectivity index (χ0n) is 10.4. The van der Waals surface area contributed by atoms with Gasteiger partial charge in [0, 0.05) is 25.2 Å². The SMILES string of the molecule is CCc1cc(C)c2c(c1)[C@H]1CNCCN1C2=O. The number of piperazine rings is 1. The molecule has 3 nitrogen and oxygen atoms in total. The second kappa shape index (κ2) is 3.84. The lowest BCUT2D eigenvalue weighted by molar-refractivity contribution is 0.0690. The normalized spacial score (nSPS) is 22.6. The highest BCUT2D eigenvalue weighted by molar-refractivity contribution is 6.00. The molecule has 1 N–H and O–H groups in total. The maximum Gasteiger partial charge on any atom is 0.255 e. The van der Waals surface area contributed by atoms with Crippen molar-refractivity contribution in [3.8, 4) is 0 Å². The third-order valence-electron chi connectivity index (χ3n) is 3.91. The van der Waals surface area contributed by atoms with Crippen LogP contribution in [0.2, 0.25) is 0 Å². The molecule has 1 fully saturated rings. The minimum absolute atomic E-state index is 0.228. The monoisotopic (exact) mass is 230 g/mol. The molecule has 3 heteroatoms. The number of aryl methyl sites for hydroxylation is 2. The van der Waals surface area contributed by atoms with Crippen LogP contribution in [0, 0.1) is 6.92 Å². The lowest BCUT2D eigenvalue weighted by atomic mass is 9.96. The van der Waals surface area contributed by atoms with Crippen LogP contribution in [0.5, 0.6) is 0 Å². The van der Waals surface area contributed by atoms with Gasteiger partial charge in [-0.25, -0.2) is 0 Å². The molecular weight excluding hydrogens is 212 g/mol. The number of nitrogens with zero attached hydrogens (tertiary/aromatic N) is 1. The van der Waals surface area contributed by atoms with Crippen molar-refractivity contribution in [2.45, 2.75) is 26.3 Å². The Kier molecular flexibility index (Phi) is 2.44. The van der Waals surface area contributed by atoms with Crippen LogP contribution in [0.25, 0.3) is 0 Å². The van der Waals surface area contributed by atoms with Gasteiger partial charge in [-0.05, 0) is 30.0 Å². The molecule has 0 aromatic heterocycles. The maximum absolute atomic E-state index is 12.3. The van der Waals surface area contributed by atoms with Gasteiger partial charge in [-0.15, -0.1) is 0 Å². The first kappa shape index (κ1) is 10.8. The summed E-state index contributed by atoms with van der Waals surface area (Å²) in [7, 11) is 0. The van der Waals surface area contributed by atoms with Gasteiger partial charge in [0.1, 0.15) is 0 Å². The van der Waals surface area contributed by atoms with Gasteiger partial charge in [0.25, 0.3) is 5.91 Å². The molecule has 2 heterocycles. The standard InChI is InChI=1S/C14H18N2O/c1-3-10-6-9(2)13-11(7-10)12-8-15-4-5-16(12)14(13)17/h6-7,12,15H,3-5,8H2,1-2H3/t12-/m1/s1. The van der Waals surface area contributed by atoms with Crippen molar-refractivity contribution in [2.75, 3.05) is 19.6 Å². The first-order valence-corrected chi connectivity index (χ1v) is 6.37. The van der Waals surface area contributed by atoms with E-state index in [9.17, 15) is 4.79 Å². The van der Waals surface area contributed by atoms with E-state index in [1.54, 1.807) is 0 Å². The number of amides is 1. The summed E-state index contributed by atoms with van der Waals surface area (Å²) in [6, 6.07) is 4.64. The van der Waals surface area contributed by atoms with Crippen LogP contribution >= 0.6 is 0 Å². The molecule has 0 unspecified atom stereocenters. The minimum Gasteiger partial charge on any atom is -0.329 e. The fourth-order valence-corrected chi connectivity index (χ4v) is 3.02. The lowest BCUT2D eigenvalue weighted by Gasteiger charge is -2.30. The van der Waals surface area contributed by atoms with E-state index in [-0.39, 0.29) is 11.9 Å². The van der Waals surface area contributed by atoms with Gasteiger partial charge < -0.3 is 10.2 Å². The molecule has 1 aromatic carbocycles. The van der Waals surface area contributed by atoms with Gasteiger partial charge in [-0.3, -0.25) is 4.79 Å². The van der Waals surface area contributed by atoms with Crippen molar-refractivity contribution in [1.29, 1.82) is 0 Å². The average molecular weight is 230 g/mol. The summed E-state index contributed by atoms with van der Waals surface area (Å²) >= 11 is 0. The van der Waals surface area contributed by atoms with E-state index >= 15 is 0 Å². The Morgan fingerprint density at radius 2 is 2.29 bits per heavy atom. The third kappa shape index (κ3) is 1.49. The zero-order valence-corrected chi connectivity index (χ0v) is 10.4. The van der Waals surface area contributed by atoms with Crippen LogP contribution in [-0.2, 0) is 6.42 Å². The highest BCUT2D eigenvalue weighted by Gasteiger charge is 2.38. The smallest absolute Gasteiger partial charge is 0.255 e. The first-order chi connectivity index (χ1) is 8.22. The van der Waals surface area contributed by atoms with Crippen molar-refractivity contribution >= 4 is 5.91 Å². The molecule has 1 aromatic rings. The molecule has 2 aliphatic rings. The minimum atomic E-state index is 0.228. The summed E-state index contributed by atoms with van der Waals surface area (Å²) in [5.41, 5.74) is 4.66. The van der Waals surface area contributed by atoms with Crippen molar-refractivity contribution in [3.63, 3.8) is 0 Å². The maximum atomic E-state index is 12.3. The van der Waals surface area contributed by atoms with Crippen molar-refractivity contribution < 1.29 is 4.79 Å². The number of rotatable bonds is 1. The van der Waals surface area contributed by atoms with Gasteiger partial charge in [-0.1, -0.05) is 19.1 Å². The lowest BCUT2D eigenvalue weighted by Crippen LogP contribution is -2.44. The topological polar surface area (TPSA) is 32.3 Å². The first-order valence-electron chi connectivity index (χ1n) is 6.37. The van der Waals surface area contributed by atoms with Gasteiger partial charge >= 0.3 is 0 Å². The molecule has 17 heavy (non-hydrogen) atoms. The van der Waals surface area contributed by atoms with E-state index in [2.05, 4.69) is 31.3 Å². The predicted molar refractivity (Wildman–Crippen MR) is 67.2 cm³/mol. The number of carbonyl (C=O) groups excluding carboxylic acids is 1. The summed E-state index contributed by atoms with van der Waals surface area (Å²) < 4.78 is 0. The van der Waals surface area contributed by atoms with E-state index in [1.807, 2.05) is 4.90 Å². The summed E-state index contributed by atoms with van der Waals surface area (Å²) in [6.07, 6.45) is 1.03. The summed E-state index contributed by atoms with van der Waals surface area (Å²) in [5.74, 6) is 0.228. The van der Waals surface area contributed by atoms with Crippen molar-refractivity contribution in [3.05, 3.63) is 34.4 Å². The van der Waals surface area contributed by atoms with Crippen LogP contribution in [0.3, 0.4) is 0 Å². The molecule has 0 saturated carbocycles. The fraction of sp³-hybridized carbons (Fsp3) is 0.500. The van der Waals surface area contributed by atoms with Crippen LogP contribution in [-0.4, -0.2) is 30.4 Å². The number of hydrogen-bond acceptors (Lipinski definition) is 2. The van der Waals surface area contributed by atoms with Crippen LogP contribution in [0.1, 0.15) is 40.0 Å². The zero-order chi connectivity index (χ0) is 12.0. The Balaban J connectivity index is 2.14. The molecule has 0 spiro atoms. The van der Waals surface area contributed by atoms with Gasteiger partial charge in [0.05, 0.1) is 6.04 Å². The Hall–Kier alpha value is -1.35. The number of fused-ring (bicyclic) bond motifs is 3. The molecule has 2 aliphatic heterocycles. The van der Waals surface area contributed by atoms with Gasteiger partial charge in [0.2, 0.25) is 0 Å². The second-order valence-electron chi connectivity index (χ2n) is 4.95. The molecule has 1 saturated heterocycles. The molecule has 1 atom stereocenters. The summed E-state index contributed by atoms with van der Waals surface area (Å²) in [6.45, 7) is 6.86. The highest BCUT2D eigenvalue weighted by atomic mass is 16.2. The van der Waals surface area contributed by atoms with E-state index in [0.717, 1.165) is 37.2 Å². The van der Waals surface area contributed by atoms with Gasteiger partial charge in [0.15, 0.2) is 0 Å². The summed E-state index contributed by atoms with van der Waals surface area (Å²) in [4.78, 5) is 14.4. The average Bonchev–Trinajstić information content (AvgIpc) is 2.64. The number of benzene rings is 1. The Morgan fingerprint density at radius 3 is 3.06 bits per heavy atom. The predicted octanol–water partition coefficient (Wildman–Crippen LogP) is 1.66. The van der Waals surface area contributed by atoms with Crippen LogP contribution in [0.15, 0.2) is 12.1 Å². The molecular formula is C14H18N2O. The quantitative estimate of drug-likeness (QED) is 0.795. The molecule has 0 radical (unpaired) electrons. The van der Waals surface area contributed by atoms with Crippen molar-refractivity contribution in [2.24, 2.45) is 0 Å². The number of nitrogens with one attached hydrogen (secondary N) is 1. The van der Waals surface area contributed by atoms with E-state index in [0.29, 0.717) is 0 Å². The summed E-state index contributed by atoms with van der Waals surface area (Å²) in [5, 5.41) is 3.38. The Bertz CT molecular complexity index is 481. The molecule has 0 aliphatic carbocycles.